The molecule has 7 heteroatoms. The van der Waals surface area contributed by atoms with E-state index in [-0.39, 0.29) is 24.1 Å². The molecule has 0 saturated carbocycles. The summed E-state index contributed by atoms with van der Waals surface area (Å²) in [4.78, 5) is 21.3. The molecule has 0 radical (unpaired) electrons. The van der Waals surface area contributed by atoms with E-state index in [0.29, 0.717) is 30.1 Å². The lowest BCUT2D eigenvalue weighted by molar-refractivity contribution is -0.758. The van der Waals surface area contributed by atoms with Gasteiger partial charge in [-0.1, -0.05) is 19.1 Å². The molecule has 0 aliphatic rings. The molecular formula is C18H22ClN3O3. The minimum atomic E-state index is -0.0720. The SMILES string of the molecule is CCCNC(=O)c1ccc(CO[NH+]=C(C)c2ncccc2O)cc1.[Cl-]. The van der Waals surface area contributed by atoms with Crippen molar-refractivity contribution in [1.29, 1.82) is 0 Å². The molecule has 6 nitrogen and oxygen atoms in total. The van der Waals surface area contributed by atoms with Crippen LogP contribution >= 0.6 is 0 Å². The first-order chi connectivity index (χ1) is 11.6. The maximum Gasteiger partial charge on any atom is 0.251 e. The molecule has 0 bridgehead atoms. The van der Waals surface area contributed by atoms with Gasteiger partial charge in [-0.15, -0.1) is 0 Å². The van der Waals surface area contributed by atoms with Crippen molar-refractivity contribution in [3.63, 3.8) is 0 Å². The van der Waals surface area contributed by atoms with Gasteiger partial charge in [-0.3, -0.25) is 9.63 Å². The molecule has 25 heavy (non-hydrogen) atoms. The van der Waals surface area contributed by atoms with Gasteiger partial charge in [0.15, 0.2) is 12.3 Å². The average molecular weight is 364 g/mol. The molecule has 0 aliphatic carbocycles. The Morgan fingerprint density at radius 2 is 2.00 bits per heavy atom. The van der Waals surface area contributed by atoms with Gasteiger partial charge in [0.2, 0.25) is 0 Å². The van der Waals surface area contributed by atoms with Gasteiger partial charge in [-0.2, -0.15) is 0 Å². The Morgan fingerprint density at radius 1 is 1.28 bits per heavy atom. The van der Waals surface area contributed by atoms with Crippen LogP contribution < -0.4 is 22.9 Å². The summed E-state index contributed by atoms with van der Waals surface area (Å²) in [5, 5.41) is 15.3. The molecule has 1 heterocycles. The molecule has 2 aromatic rings. The number of aromatic hydroxyl groups is 1. The average Bonchev–Trinajstić information content (AvgIpc) is 2.60. The van der Waals surface area contributed by atoms with Crippen LogP contribution in [0.25, 0.3) is 0 Å². The maximum absolute atomic E-state index is 11.8. The lowest BCUT2D eigenvalue weighted by Crippen LogP contribution is -3.00. The van der Waals surface area contributed by atoms with E-state index in [0.717, 1.165) is 12.0 Å². The van der Waals surface area contributed by atoms with Crippen LogP contribution in [0.2, 0.25) is 0 Å². The van der Waals surface area contributed by atoms with Gasteiger partial charge in [0.05, 0.1) is 0 Å². The highest BCUT2D eigenvalue weighted by Gasteiger charge is 2.11. The largest absolute Gasteiger partial charge is 1.00 e. The molecule has 1 amide bonds. The molecule has 0 fully saturated rings. The smallest absolute Gasteiger partial charge is 0.251 e. The third-order valence-corrected chi connectivity index (χ3v) is 3.36. The highest BCUT2D eigenvalue weighted by Crippen LogP contribution is 2.11. The number of nitrogens with zero attached hydrogens (tertiary/aromatic N) is 1. The zero-order valence-electron chi connectivity index (χ0n) is 14.3. The number of nitrogens with one attached hydrogen (secondary N) is 2. The Bertz CT molecular complexity index is 718. The van der Waals surface area contributed by atoms with Crippen LogP contribution in [0.1, 0.15) is 41.9 Å². The number of hydrogen-bond acceptors (Lipinski definition) is 4. The molecule has 3 N–H and O–H groups in total. The molecular weight excluding hydrogens is 342 g/mol. The summed E-state index contributed by atoms with van der Waals surface area (Å²) in [5.74, 6) is 0.0193. The molecule has 1 aromatic carbocycles. The van der Waals surface area contributed by atoms with Gasteiger partial charge in [0, 0.05) is 25.2 Å². The summed E-state index contributed by atoms with van der Waals surface area (Å²) in [6.45, 7) is 4.77. The van der Waals surface area contributed by atoms with Crippen molar-refractivity contribution in [3.8, 4) is 5.75 Å². The minimum Gasteiger partial charge on any atom is -1.00 e. The Balaban J connectivity index is 0.00000312. The van der Waals surface area contributed by atoms with E-state index in [4.69, 9.17) is 4.84 Å². The minimum absolute atomic E-state index is 0. The predicted octanol–water partition coefficient (Wildman–Crippen LogP) is -2.05. The van der Waals surface area contributed by atoms with Crippen molar-refractivity contribution < 1.29 is 32.3 Å². The fourth-order valence-electron chi connectivity index (χ4n) is 2.05. The lowest BCUT2D eigenvalue weighted by atomic mass is 10.1. The van der Waals surface area contributed by atoms with Gasteiger partial charge in [0.25, 0.3) is 11.6 Å². The van der Waals surface area contributed by atoms with Gasteiger partial charge in [-0.05, 0) is 41.4 Å². The van der Waals surface area contributed by atoms with Crippen LogP contribution in [0.5, 0.6) is 5.75 Å². The molecule has 0 atom stereocenters. The van der Waals surface area contributed by atoms with E-state index >= 15 is 0 Å². The molecule has 0 unspecified atom stereocenters. The quantitative estimate of drug-likeness (QED) is 0.390. The fraction of sp³-hybridized carbons (Fsp3) is 0.278. The van der Waals surface area contributed by atoms with Crippen molar-refractivity contribution in [1.82, 2.24) is 10.3 Å². The molecule has 0 aliphatic heterocycles. The summed E-state index contributed by atoms with van der Waals surface area (Å²) in [5.41, 5.74) is 2.61. The first kappa shape index (κ1) is 20.4. The third kappa shape index (κ3) is 6.08. The zero-order valence-corrected chi connectivity index (χ0v) is 15.0. The van der Waals surface area contributed by atoms with Gasteiger partial charge < -0.3 is 22.8 Å². The summed E-state index contributed by atoms with van der Waals surface area (Å²) in [6.07, 6.45) is 2.51. The van der Waals surface area contributed by atoms with E-state index in [9.17, 15) is 9.90 Å². The van der Waals surface area contributed by atoms with Crippen molar-refractivity contribution >= 4 is 11.6 Å². The van der Waals surface area contributed by atoms with E-state index in [1.807, 2.05) is 19.1 Å². The Hall–Kier alpha value is -2.60. The standard InChI is InChI=1S/C18H21N3O3.ClH/c1-3-10-20-18(23)15-8-6-14(7-9-15)12-24-21-13(2)17-16(22)5-4-11-19-17;/h4-9,11,22H,3,10,12H2,1-2H3,(H,20,23);1H. The van der Waals surface area contributed by atoms with E-state index < -0.39 is 0 Å². The van der Waals surface area contributed by atoms with Crippen LogP contribution in [0, 0.1) is 0 Å². The summed E-state index contributed by atoms with van der Waals surface area (Å²) >= 11 is 0. The number of rotatable bonds is 7. The zero-order chi connectivity index (χ0) is 17.4. The van der Waals surface area contributed by atoms with Gasteiger partial charge in [-0.25, -0.2) is 4.98 Å². The number of pyridine rings is 1. The normalized spacial score (nSPS) is 10.7. The summed E-state index contributed by atoms with van der Waals surface area (Å²) in [7, 11) is 0. The number of carbonyl (C=O) groups is 1. The lowest BCUT2D eigenvalue weighted by Gasteiger charge is -2.04. The van der Waals surface area contributed by atoms with Crippen LogP contribution in [-0.2, 0) is 11.4 Å². The number of halogens is 1. The highest BCUT2D eigenvalue weighted by molar-refractivity contribution is 5.94. The van der Waals surface area contributed by atoms with Crippen molar-refractivity contribution in [2.24, 2.45) is 0 Å². The molecule has 0 saturated heterocycles. The number of carbonyl (C=O) groups excluding carboxylic acids is 1. The van der Waals surface area contributed by atoms with E-state index in [2.05, 4.69) is 15.5 Å². The Labute approximate surface area is 153 Å². The third-order valence-electron chi connectivity index (χ3n) is 3.36. The monoisotopic (exact) mass is 363 g/mol. The predicted molar refractivity (Wildman–Crippen MR) is 90.5 cm³/mol. The molecule has 134 valence electrons. The Kier molecular flexibility index (Phi) is 8.43. The van der Waals surface area contributed by atoms with Crippen LogP contribution in [-0.4, -0.2) is 28.3 Å². The van der Waals surface area contributed by atoms with Crippen LogP contribution in [0.3, 0.4) is 0 Å². The van der Waals surface area contributed by atoms with Crippen LogP contribution in [0.4, 0.5) is 0 Å². The maximum atomic E-state index is 11.8. The number of benzene rings is 1. The molecule has 2 rings (SSSR count). The number of hydrogen-bond donors (Lipinski definition) is 3. The van der Waals surface area contributed by atoms with Gasteiger partial charge >= 0.3 is 0 Å². The van der Waals surface area contributed by atoms with Crippen molar-refractivity contribution in [2.45, 2.75) is 26.9 Å². The second kappa shape index (κ2) is 10.3. The number of amides is 1. The van der Waals surface area contributed by atoms with E-state index in [1.165, 1.54) is 0 Å². The van der Waals surface area contributed by atoms with Crippen molar-refractivity contribution in [3.05, 3.63) is 59.4 Å². The fourth-order valence-corrected chi connectivity index (χ4v) is 2.05. The molecule has 0 spiro atoms. The van der Waals surface area contributed by atoms with Crippen LogP contribution in [0.15, 0.2) is 42.6 Å². The highest BCUT2D eigenvalue weighted by atomic mass is 35.5. The number of aromatic nitrogens is 1. The molecule has 1 aromatic heterocycles. The summed E-state index contributed by atoms with van der Waals surface area (Å²) in [6, 6.07) is 10.4. The topological polar surface area (TPSA) is 85.4 Å². The second-order valence-corrected chi connectivity index (χ2v) is 5.34. The van der Waals surface area contributed by atoms with Crippen molar-refractivity contribution in [2.75, 3.05) is 6.54 Å². The van der Waals surface area contributed by atoms with Gasteiger partial charge in [0.1, 0.15) is 5.75 Å². The summed E-state index contributed by atoms with van der Waals surface area (Å²) < 4.78 is 0. The first-order valence-electron chi connectivity index (χ1n) is 7.84. The first-order valence-corrected chi connectivity index (χ1v) is 7.84. The Morgan fingerprint density at radius 3 is 2.64 bits per heavy atom. The van der Waals surface area contributed by atoms with E-state index in [1.54, 1.807) is 37.4 Å². The second-order valence-electron chi connectivity index (χ2n) is 5.34.